The third-order valence-electron chi connectivity index (χ3n) is 3.58. The normalized spacial score (nSPS) is 12.9. The van der Waals surface area contributed by atoms with Crippen molar-refractivity contribution in [1.82, 2.24) is 0 Å². The first-order chi connectivity index (χ1) is 11.3. The van der Waals surface area contributed by atoms with Gasteiger partial charge in [-0.25, -0.2) is 17.2 Å². The number of hydrogen-bond donors (Lipinski definition) is 2. The Bertz CT molecular complexity index is 872. The number of sulfone groups is 1. The van der Waals surface area contributed by atoms with Gasteiger partial charge in [0, 0.05) is 6.26 Å². The molecule has 2 aromatic rings. The highest BCUT2D eigenvalue weighted by Gasteiger charge is 2.14. The van der Waals surface area contributed by atoms with Crippen LogP contribution in [0, 0.1) is 11.6 Å². The molecular weight excluding hydrogens is 338 g/mol. The summed E-state index contributed by atoms with van der Waals surface area (Å²) in [5, 5.41) is 19.2. The molecule has 0 bridgehead atoms. The molecule has 128 valence electrons. The summed E-state index contributed by atoms with van der Waals surface area (Å²) in [6.45, 7) is -0.970. The van der Waals surface area contributed by atoms with Gasteiger partial charge in [0.05, 0.1) is 18.1 Å². The van der Waals surface area contributed by atoms with Crippen molar-refractivity contribution in [3.63, 3.8) is 0 Å². The van der Waals surface area contributed by atoms with E-state index in [4.69, 9.17) is 0 Å². The van der Waals surface area contributed by atoms with Crippen molar-refractivity contribution in [2.75, 3.05) is 19.5 Å². The summed E-state index contributed by atoms with van der Waals surface area (Å²) < 4.78 is 49.5. The molecule has 2 rings (SSSR count). The average Bonchev–Trinajstić information content (AvgIpc) is 2.54. The molecule has 4 nitrogen and oxygen atoms in total. The molecule has 0 saturated heterocycles. The molecule has 0 aliphatic heterocycles. The molecule has 0 aliphatic rings. The highest BCUT2D eigenvalue weighted by molar-refractivity contribution is 7.90. The lowest BCUT2D eigenvalue weighted by atomic mass is 9.95. The van der Waals surface area contributed by atoms with E-state index in [0.717, 1.165) is 18.4 Å². The molecule has 0 fully saturated rings. The van der Waals surface area contributed by atoms with Crippen molar-refractivity contribution >= 4 is 21.0 Å². The fraction of sp³-hybridized carbons (Fsp3) is 0.176. The maximum absolute atomic E-state index is 13.4. The Morgan fingerprint density at radius 2 is 1.38 bits per heavy atom. The molecule has 2 N–H and O–H groups in total. The highest BCUT2D eigenvalue weighted by Crippen LogP contribution is 2.27. The monoisotopic (exact) mass is 354 g/mol. The van der Waals surface area contributed by atoms with Gasteiger partial charge < -0.3 is 10.2 Å². The van der Waals surface area contributed by atoms with Gasteiger partial charge in [0.15, 0.2) is 21.5 Å². The first kappa shape index (κ1) is 18.3. The largest absolute Gasteiger partial charge is 0.392 e. The third kappa shape index (κ3) is 3.87. The number of aliphatic hydroxyl groups is 2. The summed E-state index contributed by atoms with van der Waals surface area (Å²) in [5.41, 5.74) is 1.22. The summed E-state index contributed by atoms with van der Waals surface area (Å²) in [5.74, 6) is -2.08. The van der Waals surface area contributed by atoms with Gasteiger partial charge in [-0.2, -0.15) is 0 Å². The molecular formula is C17H16F2O4S. The van der Waals surface area contributed by atoms with Crippen LogP contribution in [-0.2, 0) is 9.84 Å². The first-order valence-electron chi connectivity index (χ1n) is 6.97. The minimum atomic E-state index is -3.36. The molecule has 0 radical (unpaired) electrons. The predicted octanol–water partition coefficient (Wildman–Crippen LogP) is 2.26. The van der Waals surface area contributed by atoms with Gasteiger partial charge in [0.1, 0.15) is 0 Å². The van der Waals surface area contributed by atoms with Crippen molar-refractivity contribution in [3.8, 4) is 0 Å². The van der Waals surface area contributed by atoms with Gasteiger partial charge >= 0.3 is 0 Å². The second-order valence-electron chi connectivity index (χ2n) is 5.20. The number of benzene rings is 2. The molecule has 0 heterocycles. The average molecular weight is 354 g/mol. The molecule has 0 saturated carbocycles. The van der Waals surface area contributed by atoms with Gasteiger partial charge in [-0.15, -0.1) is 0 Å². The van der Waals surface area contributed by atoms with Crippen molar-refractivity contribution in [3.05, 3.63) is 65.2 Å². The molecule has 0 aromatic heterocycles. The zero-order valence-corrected chi connectivity index (χ0v) is 13.6. The quantitative estimate of drug-likeness (QED) is 0.808. The van der Waals surface area contributed by atoms with E-state index in [9.17, 15) is 27.4 Å². The summed E-state index contributed by atoms with van der Waals surface area (Å²) in [4.78, 5) is 0.113. The fourth-order valence-corrected chi connectivity index (χ4v) is 2.94. The maximum Gasteiger partial charge on any atom is 0.175 e. The van der Waals surface area contributed by atoms with Crippen LogP contribution in [0.4, 0.5) is 8.78 Å². The van der Waals surface area contributed by atoms with E-state index in [1.165, 1.54) is 30.3 Å². The minimum Gasteiger partial charge on any atom is -0.392 e. The molecule has 0 unspecified atom stereocenters. The van der Waals surface area contributed by atoms with E-state index >= 15 is 0 Å². The standard InChI is InChI=1S/C17H16F2O4S/c1-24(22,23)13-5-2-11(3-6-13)14(9-20)15(10-21)12-4-7-16(18)17(19)8-12/h2-8,20-21H,9-10H2,1H3. The Morgan fingerprint density at radius 1 is 0.875 bits per heavy atom. The van der Waals surface area contributed by atoms with Crippen LogP contribution < -0.4 is 0 Å². The van der Waals surface area contributed by atoms with Crippen LogP contribution in [0.25, 0.3) is 11.1 Å². The van der Waals surface area contributed by atoms with Crippen molar-refractivity contribution in [2.45, 2.75) is 4.90 Å². The van der Waals surface area contributed by atoms with E-state index < -0.39 is 34.7 Å². The molecule has 24 heavy (non-hydrogen) atoms. The molecule has 0 amide bonds. The Morgan fingerprint density at radius 3 is 1.83 bits per heavy atom. The number of rotatable bonds is 5. The Hall–Kier alpha value is -2.09. The van der Waals surface area contributed by atoms with E-state index in [2.05, 4.69) is 0 Å². The summed E-state index contributed by atoms with van der Waals surface area (Å²) in [6, 6.07) is 8.88. The zero-order chi connectivity index (χ0) is 17.9. The Labute approximate surface area is 138 Å². The van der Waals surface area contributed by atoms with Gasteiger partial charge in [-0.1, -0.05) is 18.2 Å². The predicted molar refractivity (Wildman–Crippen MR) is 86.9 cm³/mol. The van der Waals surface area contributed by atoms with Crippen molar-refractivity contribution in [2.24, 2.45) is 0 Å². The third-order valence-corrected chi connectivity index (χ3v) is 4.71. The molecule has 2 aromatic carbocycles. The van der Waals surface area contributed by atoms with E-state index in [-0.39, 0.29) is 16.0 Å². The lowest BCUT2D eigenvalue weighted by Crippen LogP contribution is -2.03. The van der Waals surface area contributed by atoms with Gasteiger partial charge in [0.25, 0.3) is 0 Å². The van der Waals surface area contributed by atoms with Gasteiger partial charge in [-0.05, 0) is 46.5 Å². The van der Waals surface area contributed by atoms with E-state index in [0.29, 0.717) is 11.1 Å². The molecule has 0 spiro atoms. The molecule has 0 aliphatic carbocycles. The van der Waals surface area contributed by atoms with Gasteiger partial charge in [-0.3, -0.25) is 0 Å². The lowest BCUT2D eigenvalue weighted by molar-refractivity contribution is 0.340. The van der Waals surface area contributed by atoms with Crippen LogP contribution in [0.15, 0.2) is 47.4 Å². The smallest absolute Gasteiger partial charge is 0.175 e. The lowest BCUT2D eigenvalue weighted by Gasteiger charge is -2.13. The molecule has 0 atom stereocenters. The topological polar surface area (TPSA) is 74.6 Å². The van der Waals surface area contributed by atoms with E-state index in [1.54, 1.807) is 0 Å². The Kier molecular flexibility index (Phi) is 5.48. The number of halogens is 2. The van der Waals surface area contributed by atoms with Crippen LogP contribution in [0.2, 0.25) is 0 Å². The van der Waals surface area contributed by atoms with Crippen LogP contribution in [0.1, 0.15) is 11.1 Å². The summed E-state index contributed by atoms with van der Waals surface area (Å²) in [7, 11) is -3.36. The van der Waals surface area contributed by atoms with E-state index in [1.807, 2.05) is 0 Å². The van der Waals surface area contributed by atoms with Crippen LogP contribution in [0.3, 0.4) is 0 Å². The summed E-state index contributed by atoms with van der Waals surface area (Å²) >= 11 is 0. The second kappa shape index (κ2) is 7.21. The Balaban J connectivity index is 2.57. The molecule has 7 heteroatoms. The SMILES string of the molecule is CS(=O)(=O)c1ccc(C(CO)=C(CO)c2ccc(F)c(F)c2)cc1. The second-order valence-corrected chi connectivity index (χ2v) is 7.21. The van der Waals surface area contributed by atoms with Crippen molar-refractivity contribution < 1.29 is 27.4 Å². The highest BCUT2D eigenvalue weighted by atomic mass is 32.2. The zero-order valence-electron chi connectivity index (χ0n) is 12.8. The maximum atomic E-state index is 13.4. The first-order valence-corrected chi connectivity index (χ1v) is 8.86. The number of hydrogen-bond acceptors (Lipinski definition) is 4. The number of aliphatic hydroxyl groups excluding tert-OH is 2. The summed E-state index contributed by atoms with van der Waals surface area (Å²) in [6.07, 6.45) is 1.07. The van der Waals surface area contributed by atoms with Gasteiger partial charge in [0.2, 0.25) is 0 Å². The fourth-order valence-electron chi connectivity index (χ4n) is 2.31. The van der Waals surface area contributed by atoms with Crippen LogP contribution in [0.5, 0.6) is 0 Å². The minimum absolute atomic E-state index is 0.113. The van der Waals surface area contributed by atoms with Crippen LogP contribution in [-0.4, -0.2) is 38.1 Å². The van der Waals surface area contributed by atoms with Crippen LogP contribution >= 0.6 is 0 Å². The van der Waals surface area contributed by atoms with Crippen molar-refractivity contribution in [1.29, 1.82) is 0 Å².